The monoisotopic (exact) mass is 1640 g/mol. The molecule has 28 nitrogen and oxygen atoms in total. The lowest BCUT2D eigenvalue weighted by atomic mass is 9.83. The first-order chi connectivity index (χ1) is 56.0. The first-order valence-electron chi connectivity index (χ1n) is 43.2. The van der Waals surface area contributed by atoms with Crippen LogP contribution in [0.25, 0.3) is 0 Å². The second-order valence-electron chi connectivity index (χ2n) is 32.1. The van der Waals surface area contributed by atoms with Gasteiger partial charge in [0.2, 0.25) is 12.2 Å². The van der Waals surface area contributed by atoms with E-state index in [0.29, 0.717) is 168 Å². The van der Waals surface area contributed by atoms with Crippen LogP contribution >= 0.6 is 0 Å². The van der Waals surface area contributed by atoms with Gasteiger partial charge in [-0.05, 0) is 233 Å². The molecule has 0 heterocycles. The third kappa shape index (κ3) is 37.2. The lowest BCUT2D eigenvalue weighted by Crippen LogP contribution is -2.52. The quantitative estimate of drug-likeness (QED) is 0.0236. The summed E-state index contributed by atoms with van der Waals surface area (Å²) in [6.07, 6.45) is 15.1. The molecule has 8 atom stereocenters. The van der Waals surface area contributed by atoms with Gasteiger partial charge >= 0.3 is 71.6 Å². The number of hydrogen-bond donors (Lipinski definition) is 0. The van der Waals surface area contributed by atoms with Crippen LogP contribution in [0.2, 0.25) is 0 Å². The van der Waals surface area contributed by atoms with Crippen LogP contribution in [0.15, 0.2) is 50.6 Å². The van der Waals surface area contributed by atoms with Crippen molar-refractivity contribution in [2.45, 2.75) is 345 Å². The Bertz CT molecular complexity index is 2860. The highest BCUT2D eigenvalue weighted by Crippen LogP contribution is 2.39. The molecule has 0 aromatic heterocycles. The van der Waals surface area contributed by atoms with Crippen LogP contribution in [0.1, 0.15) is 272 Å². The standard InChI is InChI=1S/C88H134O28/c1-9-75(89)105-53-25-17-13-21-49-101-65-37-29-61(30-38-65)81(93)111-69-45-47-73(113-83(95)63-33-41-67(42-34-63)103-51-23-15-19-27-55-107-77(91)11-3)71(57-69)85(97)115-79(87(99)109-59(5)6)80(88(100)110-60(7)8)116-86(98)72-58-70(112-82(94)62-31-39-66(40-32-62)102-50-22-14-18-26-54-106-76(90)10-2)46-48-74(72)114-84(96)64-35-43-68(44-36-64)104-52-24-16-20-28-56-108-78(92)12-4/h9-12,59-74,79-80H,1-4,13-58H2,5-8H3/t61?,62?,63?,64?,65?,66?,67?,68?,69?,70?,71?,72?,73?,74?,79-,80-/m0/s1. The number of unbranched alkanes of at least 4 members (excludes halogenated alkanes) is 12. The van der Waals surface area contributed by atoms with Crippen LogP contribution in [0, 0.1) is 35.5 Å². The highest BCUT2D eigenvalue weighted by Gasteiger charge is 2.51. The zero-order valence-corrected chi connectivity index (χ0v) is 69.5. The normalized spacial score (nSPS) is 25.2. The van der Waals surface area contributed by atoms with Gasteiger partial charge in [-0.3, -0.25) is 28.8 Å². The van der Waals surface area contributed by atoms with Gasteiger partial charge in [-0.15, -0.1) is 0 Å². The van der Waals surface area contributed by atoms with Crippen LogP contribution in [-0.4, -0.2) is 198 Å². The predicted molar refractivity (Wildman–Crippen MR) is 422 cm³/mol. The van der Waals surface area contributed by atoms with Crippen molar-refractivity contribution in [1.29, 1.82) is 0 Å². The molecule has 0 spiro atoms. The number of rotatable bonds is 53. The second-order valence-corrected chi connectivity index (χ2v) is 32.1. The van der Waals surface area contributed by atoms with Gasteiger partial charge in [-0.25, -0.2) is 28.8 Å². The van der Waals surface area contributed by atoms with Crippen LogP contribution in [-0.2, 0) is 133 Å². The molecule has 6 unspecified atom stereocenters. The van der Waals surface area contributed by atoms with E-state index in [2.05, 4.69) is 26.3 Å². The zero-order chi connectivity index (χ0) is 84.0. The number of hydrogen-bond acceptors (Lipinski definition) is 28. The third-order valence-corrected chi connectivity index (χ3v) is 22.4. The molecule has 28 heteroatoms. The number of carbonyl (C=O) groups excluding carboxylic acids is 12. The maximum Gasteiger partial charge on any atom is 0.352 e. The molecule has 6 fully saturated rings. The van der Waals surface area contributed by atoms with Gasteiger partial charge in [0.05, 0.1) is 98.6 Å². The van der Waals surface area contributed by atoms with Gasteiger partial charge in [-0.1, -0.05) is 52.0 Å². The smallest absolute Gasteiger partial charge is 0.352 e. The number of carbonyl (C=O) groups is 12. The van der Waals surface area contributed by atoms with E-state index in [9.17, 15) is 47.9 Å². The SMILES string of the molecule is C=CC(=O)OCCCCCCOC1CCC(C(=O)OC2CCC(OC(=O)C3CCC(OCCCCCCOC(=O)C=C)CC3)C(C(=O)O[C@H](C(=O)OC(C)C)[C@H](OC(=O)C3CC(OC(=O)C4CCC(OCCCCCCOC(=O)C=C)CC4)CCC3OC(=O)C3CCC(OCCCCCCOC(=O)C=C)CC3)C(=O)OC(C)C)C2)CC1. The maximum atomic E-state index is 15.4. The molecule has 0 radical (unpaired) electrons. The van der Waals surface area contributed by atoms with Crippen LogP contribution in [0.4, 0.5) is 0 Å². The highest BCUT2D eigenvalue weighted by molar-refractivity contribution is 5.91. The molecule has 6 saturated carbocycles. The Morgan fingerprint density at radius 1 is 0.267 bits per heavy atom. The minimum atomic E-state index is -2.35. The fourth-order valence-corrected chi connectivity index (χ4v) is 15.7. The molecule has 6 rings (SSSR count). The fraction of sp³-hybridized carbons (Fsp3) is 0.773. The summed E-state index contributed by atoms with van der Waals surface area (Å²) in [5.74, 6) is -13.7. The molecule has 116 heavy (non-hydrogen) atoms. The average molecular weight is 1640 g/mol. The number of ether oxygens (including phenoxy) is 16. The van der Waals surface area contributed by atoms with Crippen LogP contribution in [0.5, 0.6) is 0 Å². The van der Waals surface area contributed by atoms with Crippen molar-refractivity contribution in [3.8, 4) is 0 Å². The summed E-state index contributed by atoms with van der Waals surface area (Å²) in [7, 11) is 0. The molecule has 6 aliphatic rings. The van der Waals surface area contributed by atoms with Gasteiger partial charge in [0, 0.05) is 63.6 Å². The highest BCUT2D eigenvalue weighted by atomic mass is 16.7. The third-order valence-electron chi connectivity index (χ3n) is 22.4. The largest absolute Gasteiger partial charge is 0.463 e. The summed E-state index contributed by atoms with van der Waals surface area (Å²) in [5, 5.41) is 0. The van der Waals surface area contributed by atoms with Gasteiger partial charge in [0.25, 0.3) is 0 Å². The fourth-order valence-electron chi connectivity index (χ4n) is 15.7. The van der Waals surface area contributed by atoms with E-state index < -0.39 is 156 Å². The summed E-state index contributed by atoms with van der Waals surface area (Å²) < 4.78 is 93.7. The lowest BCUT2D eigenvalue weighted by Gasteiger charge is -2.37. The van der Waals surface area contributed by atoms with E-state index in [4.69, 9.17) is 75.8 Å². The van der Waals surface area contributed by atoms with Crippen molar-refractivity contribution in [3.05, 3.63) is 50.6 Å². The zero-order valence-electron chi connectivity index (χ0n) is 69.5. The van der Waals surface area contributed by atoms with Crippen molar-refractivity contribution in [1.82, 2.24) is 0 Å². The molecule has 6 aliphatic carbocycles. The molecule has 0 amide bonds. The van der Waals surface area contributed by atoms with E-state index in [1.54, 1.807) is 0 Å². The predicted octanol–water partition coefficient (Wildman–Crippen LogP) is 13.4. The Balaban J connectivity index is 1.17. The van der Waals surface area contributed by atoms with E-state index in [-0.39, 0.29) is 62.9 Å². The Hall–Kier alpha value is -7.56. The molecule has 0 aliphatic heterocycles. The first-order valence-corrected chi connectivity index (χ1v) is 43.2. The molecule has 0 saturated heterocycles. The Morgan fingerprint density at radius 3 is 0.724 bits per heavy atom. The van der Waals surface area contributed by atoms with E-state index >= 15 is 9.59 Å². The van der Waals surface area contributed by atoms with Crippen LogP contribution in [0.3, 0.4) is 0 Å². The minimum Gasteiger partial charge on any atom is -0.463 e. The van der Waals surface area contributed by atoms with Gasteiger partial charge in [0.15, 0.2) is 0 Å². The van der Waals surface area contributed by atoms with Gasteiger partial charge in [-0.2, -0.15) is 0 Å². The molecule has 0 aromatic rings. The Labute approximate surface area is 685 Å². The Kier molecular flexibility index (Phi) is 46.3. The van der Waals surface area contributed by atoms with Crippen LogP contribution < -0.4 is 0 Å². The van der Waals surface area contributed by atoms with E-state index in [1.165, 1.54) is 27.7 Å². The lowest BCUT2D eigenvalue weighted by molar-refractivity contribution is -0.204. The van der Waals surface area contributed by atoms with Gasteiger partial charge < -0.3 is 75.8 Å². The average Bonchev–Trinajstić information content (AvgIpc) is 0.804. The molecular weight excluding hydrogens is 1500 g/mol. The van der Waals surface area contributed by atoms with E-state index in [1.807, 2.05) is 0 Å². The summed E-state index contributed by atoms with van der Waals surface area (Å²) in [6, 6.07) is 0. The topological polar surface area (TPSA) is 353 Å². The summed E-state index contributed by atoms with van der Waals surface area (Å²) in [5.41, 5.74) is 0. The van der Waals surface area contributed by atoms with Gasteiger partial charge in [0.1, 0.15) is 24.4 Å². The van der Waals surface area contributed by atoms with Crippen molar-refractivity contribution in [2.75, 3.05) is 52.9 Å². The van der Waals surface area contributed by atoms with E-state index in [0.717, 1.165) is 114 Å². The van der Waals surface area contributed by atoms with Crippen molar-refractivity contribution in [3.63, 3.8) is 0 Å². The number of esters is 12. The molecule has 0 N–H and O–H groups in total. The minimum absolute atomic E-state index is 0.0219. The molecule has 0 aromatic carbocycles. The molecular formula is C88H134O28. The van der Waals surface area contributed by atoms with Crippen molar-refractivity contribution >= 4 is 71.6 Å². The molecule has 654 valence electrons. The second kappa shape index (κ2) is 55.2. The summed E-state index contributed by atoms with van der Waals surface area (Å²) >= 11 is 0. The summed E-state index contributed by atoms with van der Waals surface area (Å²) in [6.45, 7) is 23.1. The Morgan fingerprint density at radius 2 is 0.491 bits per heavy atom. The summed E-state index contributed by atoms with van der Waals surface area (Å²) in [4.78, 5) is 163. The molecule has 0 bridgehead atoms. The van der Waals surface area contributed by atoms with Crippen molar-refractivity contribution in [2.24, 2.45) is 35.5 Å². The maximum absolute atomic E-state index is 15.4. The van der Waals surface area contributed by atoms with Crippen molar-refractivity contribution < 1.29 is 133 Å². The first kappa shape index (κ1) is 97.3.